The first-order chi connectivity index (χ1) is 13.8. The summed E-state index contributed by atoms with van der Waals surface area (Å²) in [7, 11) is 0. The van der Waals surface area contributed by atoms with Crippen molar-refractivity contribution in [1.82, 2.24) is 10.6 Å². The highest BCUT2D eigenvalue weighted by atomic mass is 32.1. The van der Waals surface area contributed by atoms with Crippen LogP contribution in [0.5, 0.6) is 0 Å². The Hall–Kier alpha value is -2.94. The zero-order valence-electron chi connectivity index (χ0n) is 16.4. The topological polar surface area (TPSA) is 105 Å². The van der Waals surface area contributed by atoms with Crippen LogP contribution < -0.4 is 15.5 Å². The molecule has 0 saturated carbocycles. The number of carbonyl (C=O) groups is 2. The number of nitrogens with zero attached hydrogens (tertiary/aromatic N) is 2. The molecule has 0 radical (unpaired) electrons. The van der Waals surface area contributed by atoms with Gasteiger partial charge in [0.2, 0.25) is 0 Å². The van der Waals surface area contributed by atoms with Crippen molar-refractivity contribution in [3.8, 4) is 0 Å². The van der Waals surface area contributed by atoms with E-state index in [4.69, 9.17) is 0 Å². The fraction of sp³-hybridized carbons (Fsp3) is 0.400. The molecule has 0 bridgehead atoms. The Kier molecular flexibility index (Phi) is 6.48. The Bertz CT molecular complexity index is 890. The van der Waals surface area contributed by atoms with Gasteiger partial charge in [0, 0.05) is 47.7 Å². The summed E-state index contributed by atoms with van der Waals surface area (Å²) in [5.74, 6) is -0.416. The van der Waals surface area contributed by atoms with Crippen molar-refractivity contribution in [2.45, 2.75) is 38.8 Å². The lowest BCUT2D eigenvalue weighted by molar-refractivity contribution is -0.384. The molecule has 1 aliphatic rings. The van der Waals surface area contributed by atoms with E-state index in [1.165, 1.54) is 17.4 Å². The number of carbonyl (C=O) groups excluding carboxylic acids is 2. The van der Waals surface area contributed by atoms with Gasteiger partial charge in [-0.1, -0.05) is 0 Å². The van der Waals surface area contributed by atoms with Gasteiger partial charge < -0.3 is 15.5 Å². The number of rotatable bonds is 6. The Labute approximate surface area is 173 Å². The first-order valence-corrected chi connectivity index (χ1v) is 10.5. The van der Waals surface area contributed by atoms with Crippen LogP contribution >= 0.6 is 11.3 Å². The normalized spacial score (nSPS) is 14.7. The number of nitro benzene ring substituents is 1. The van der Waals surface area contributed by atoms with Crippen LogP contribution in [0.25, 0.3) is 0 Å². The zero-order chi connectivity index (χ0) is 21.0. The van der Waals surface area contributed by atoms with Gasteiger partial charge in [-0.2, -0.15) is 11.3 Å². The molecule has 0 unspecified atom stereocenters. The lowest BCUT2D eigenvalue weighted by Crippen LogP contribution is -2.44. The van der Waals surface area contributed by atoms with E-state index in [0.717, 1.165) is 0 Å². The maximum atomic E-state index is 12.2. The molecule has 3 rings (SSSR count). The van der Waals surface area contributed by atoms with Gasteiger partial charge in [-0.05, 0) is 50.3 Å². The second kappa shape index (κ2) is 9.04. The average Bonchev–Trinajstić information content (AvgIpc) is 3.22. The van der Waals surface area contributed by atoms with Crippen LogP contribution in [0.2, 0.25) is 0 Å². The molecule has 1 aromatic carbocycles. The molecule has 8 nitrogen and oxygen atoms in total. The van der Waals surface area contributed by atoms with Crippen molar-refractivity contribution in [1.29, 1.82) is 0 Å². The lowest BCUT2D eigenvalue weighted by Gasteiger charge is -2.33. The molecule has 1 aromatic heterocycles. The molecule has 0 aliphatic carbocycles. The Morgan fingerprint density at radius 3 is 2.48 bits per heavy atom. The number of benzene rings is 1. The summed E-state index contributed by atoms with van der Waals surface area (Å²) in [5.41, 5.74) is 1.34. The van der Waals surface area contributed by atoms with Crippen molar-refractivity contribution in [3.63, 3.8) is 0 Å². The van der Waals surface area contributed by atoms with Crippen LogP contribution in [-0.4, -0.2) is 41.9 Å². The van der Waals surface area contributed by atoms with Crippen LogP contribution in [0.1, 0.15) is 47.4 Å². The number of amides is 2. The number of thiophene rings is 1. The fourth-order valence-electron chi connectivity index (χ4n) is 3.35. The number of hydrogen-bond donors (Lipinski definition) is 2. The van der Waals surface area contributed by atoms with Gasteiger partial charge in [0.15, 0.2) is 0 Å². The molecule has 1 saturated heterocycles. The van der Waals surface area contributed by atoms with Gasteiger partial charge in [-0.25, -0.2) is 0 Å². The maximum Gasteiger partial charge on any atom is 0.293 e. The zero-order valence-corrected chi connectivity index (χ0v) is 17.2. The lowest BCUT2D eigenvalue weighted by atomic mass is 10.0. The van der Waals surface area contributed by atoms with Crippen LogP contribution in [0, 0.1) is 10.1 Å². The molecule has 9 heteroatoms. The van der Waals surface area contributed by atoms with Crippen molar-refractivity contribution in [2.75, 3.05) is 18.0 Å². The average molecular weight is 417 g/mol. The third-order valence-electron chi connectivity index (χ3n) is 4.81. The number of hydrogen-bond acceptors (Lipinski definition) is 6. The van der Waals surface area contributed by atoms with E-state index < -0.39 is 4.92 Å². The van der Waals surface area contributed by atoms with E-state index in [9.17, 15) is 19.7 Å². The summed E-state index contributed by atoms with van der Waals surface area (Å²) in [6.45, 7) is 4.85. The molecule has 29 heavy (non-hydrogen) atoms. The minimum Gasteiger partial charge on any atom is -0.366 e. The molecule has 1 aliphatic heterocycles. The minimum absolute atomic E-state index is 0.0359. The number of nitro groups is 1. The van der Waals surface area contributed by atoms with Crippen molar-refractivity contribution < 1.29 is 14.5 Å². The Morgan fingerprint density at radius 1 is 1.17 bits per heavy atom. The van der Waals surface area contributed by atoms with Crippen molar-refractivity contribution >= 4 is 34.5 Å². The molecule has 0 atom stereocenters. The molecule has 154 valence electrons. The highest BCUT2D eigenvalue weighted by Gasteiger charge is 2.27. The smallest absolute Gasteiger partial charge is 0.293 e. The quantitative estimate of drug-likeness (QED) is 0.556. The van der Waals surface area contributed by atoms with Crippen LogP contribution in [0.4, 0.5) is 11.4 Å². The summed E-state index contributed by atoms with van der Waals surface area (Å²) < 4.78 is 0. The SMILES string of the molecule is CC(C)NC(=O)c1ccc(N2CCC(NC(=O)c3ccsc3)CC2)c([N+](=O)[O-])c1. The summed E-state index contributed by atoms with van der Waals surface area (Å²) in [6, 6.07) is 6.35. The molecule has 2 amide bonds. The van der Waals surface area contributed by atoms with Crippen molar-refractivity contribution in [3.05, 3.63) is 56.3 Å². The predicted molar refractivity (Wildman–Crippen MR) is 113 cm³/mol. The number of piperidine rings is 1. The monoisotopic (exact) mass is 416 g/mol. The van der Waals surface area contributed by atoms with Crippen LogP contribution in [-0.2, 0) is 0 Å². The van der Waals surface area contributed by atoms with Gasteiger partial charge in [0.25, 0.3) is 17.5 Å². The van der Waals surface area contributed by atoms with E-state index in [0.29, 0.717) is 37.2 Å². The highest BCUT2D eigenvalue weighted by Crippen LogP contribution is 2.31. The molecular formula is C20H24N4O4S. The first-order valence-electron chi connectivity index (χ1n) is 9.52. The second-order valence-corrected chi connectivity index (χ2v) is 8.12. The first kappa shape index (κ1) is 20.8. The van der Waals surface area contributed by atoms with E-state index in [1.807, 2.05) is 29.5 Å². The van der Waals surface area contributed by atoms with Gasteiger partial charge in [-0.3, -0.25) is 19.7 Å². The molecule has 0 spiro atoms. The fourth-order valence-corrected chi connectivity index (χ4v) is 3.99. The van der Waals surface area contributed by atoms with Gasteiger partial charge in [0.1, 0.15) is 5.69 Å². The standard InChI is InChI=1S/C20H24N4O4S/c1-13(2)21-19(25)14-3-4-17(18(11-14)24(27)28)23-8-5-16(6-9-23)22-20(26)15-7-10-29-12-15/h3-4,7,10-13,16H,5-6,8-9H2,1-2H3,(H,21,25)(H,22,26). The Balaban J connectivity index is 1.67. The maximum absolute atomic E-state index is 12.2. The largest absolute Gasteiger partial charge is 0.366 e. The molecule has 2 N–H and O–H groups in total. The van der Waals surface area contributed by atoms with E-state index in [-0.39, 0.29) is 35.1 Å². The van der Waals surface area contributed by atoms with Crippen molar-refractivity contribution in [2.24, 2.45) is 0 Å². The van der Waals surface area contributed by atoms with Gasteiger partial charge >= 0.3 is 0 Å². The summed E-state index contributed by atoms with van der Waals surface area (Å²) in [6.07, 6.45) is 1.39. The molecule has 2 heterocycles. The minimum atomic E-state index is -0.452. The number of nitrogens with one attached hydrogen (secondary N) is 2. The summed E-state index contributed by atoms with van der Waals surface area (Å²) >= 11 is 1.48. The number of anilines is 1. The summed E-state index contributed by atoms with van der Waals surface area (Å²) in [4.78, 5) is 37.5. The summed E-state index contributed by atoms with van der Waals surface area (Å²) in [5, 5.41) is 21.0. The molecule has 1 fully saturated rings. The van der Waals surface area contributed by atoms with Gasteiger partial charge in [-0.15, -0.1) is 0 Å². The predicted octanol–water partition coefficient (Wildman–Crippen LogP) is 3.19. The Morgan fingerprint density at radius 2 is 1.90 bits per heavy atom. The highest BCUT2D eigenvalue weighted by molar-refractivity contribution is 7.08. The van der Waals surface area contributed by atoms with Crippen LogP contribution in [0.15, 0.2) is 35.0 Å². The third kappa shape index (κ3) is 5.11. The second-order valence-electron chi connectivity index (χ2n) is 7.34. The van der Waals surface area contributed by atoms with E-state index >= 15 is 0 Å². The molecular weight excluding hydrogens is 392 g/mol. The van der Waals surface area contributed by atoms with E-state index in [1.54, 1.807) is 18.2 Å². The molecule has 2 aromatic rings. The van der Waals surface area contributed by atoms with Gasteiger partial charge in [0.05, 0.1) is 4.92 Å². The third-order valence-corrected chi connectivity index (χ3v) is 5.49. The van der Waals surface area contributed by atoms with E-state index in [2.05, 4.69) is 10.6 Å². The van der Waals surface area contributed by atoms with Crippen LogP contribution in [0.3, 0.4) is 0 Å².